The molecule has 4 N–H and O–H groups in total. The lowest BCUT2D eigenvalue weighted by atomic mass is 10.4. The zero-order valence-electron chi connectivity index (χ0n) is 11.9. The minimum Gasteiger partial charge on any atom is -0.326 e. The molecule has 21 heavy (non-hydrogen) atoms. The van der Waals surface area contributed by atoms with E-state index >= 15 is 0 Å². The van der Waals surface area contributed by atoms with Crippen LogP contribution in [0.15, 0.2) is 0 Å². The fourth-order valence-electron chi connectivity index (χ4n) is 0.856. The van der Waals surface area contributed by atoms with Crippen molar-refractivity contribution in [3.05, 3.63) is 0 Å². The molecule has 130 valence electrons. The maximum atomic E-state index is 11.8. The van der Waals surface area contributed by atoms with Crippen LogP contribution in [0.2, 0.25) is 0 Å². The molecule has 0 atom stereocenters. The van der Waals surface area contributed by atoms with Crippen molar-refractivity contribution in [3.8, 4) is 0 Å². The molecule has 0 aromatic carbocycles. The number of hydrogen-bond donors (Lipinski definition) is 4. The van der Waals surface area contributed by atoms with E-state index in [1.165, 1.54) is 0 Å². The topological polar surface area (TPSA) is 160 Å². The Bertz CT molecular complexity index is 349. The van der Waals surface area contributed by atoms with Gasteiger partial charge >= 0.3 is 23.9 Å². The summed E-state index contributed by atoms with van der Waals surface area (Å²) in [5.74, 6) is 0. The molecule has 0 aromatic heterocycles. The second kappa shape index (κ2) is 12.9. The standard InChI is InChI=1S/C8H20O7P2.H3O3P/c1-3-5-7-13-17(12,14-8-6-4-2)15-16(9,10)11;1-4(2)3/h3-8H2,1-2H3,(H2,9,10,11);4H,(H2,1,2,3). The second-order valence-corrected chi connectivity index (χ2v) is 7.29. The van der Waals surface area contributed by atoms with Crippen LogP contribution in [0.1, 0.15) is 39.5 Å². The first-order chi connectivity index (χ1) is 9.56. The molecule has 0 aliphatic rings. The van der Waals surface area contributed by atoms with Gasteiger partial charge in [-0.05, 0) is 12.8 Å². The summed E-state index contributed by atoms with van der Waals surface area (Å²) in [4.78, 5) is 31.6. The summed E-state index contributed by atoms with van der Waals surface area (Å²) in [5.41, 5.74) is 0. The lowest BCUT2D eigenvalue weighted by Gasteiger charge is -2.17. The highest BCUT2D eigenvalue weighted by Crippen LogP contribution is 2.61. The molecule has 0 saturated carbocycles. The van der Waals surface area contributed by atoms with E-state index in [9.17, 15) is 9.13 Å². The third-order valence-corrected chi connectivity index (χ3v) is 4.35. The van der Waals surface area contributed by atoms with Gasteiger partial charge in [-0.25, -0.2) is 9.13 Å². The van der Waals surface area contributed by atoms with Crippen LogP contribution in [0.3, 0.4) is 0 Å². The van der Waals surface area contributed by atoms with Crippen LogP contribution in [-0.4, -0.2) is 32.8 Å². The van der Waals surface area contributed by atoms with Crippen molar-refractivity contribution >= 4 is 23.9 Å². The molecule has 0 saturated heterocycles. The van der Waals surface area contributed by atoms with E-state index in [1.807, 2.05) is 13.8 Å². The van der Waals surface area contributed by atoms with Crippen LogP contribution in [0, 0.1) is 0 Å². The van der Waals surface area contributed by atoms with Crippen molar-refractivity contribution in [3.63, 3.8) is 0 Å². The van der Waals surface area contributed by atoms with Gasteiger partial charge in [0.15, 0.2) is 0 Å². The molecule has 0 heterocycles. The van der Waals surface area contributed by atoms with Gasteiger partial charge in [-0.1, -0.05) is 26.7 Å². The Morgan fingerprint density at radius 1 is 0.952 bits per heavy atom. The summed E-state index contributed by atoms with van der Waals surface area (Å²) in [5, 5.41) is 0. The van der Waals surface area contributed by atoms with Gasteiger partial charge in [0.25, 0.3) is 0 Å². The van der Waals surface area contributed by atoms with Crippen LogP contribution in [0.4, 0.5) is 0 Å². The van der Waals surface area contributed by atoms with Gasteiger partial charge < -0.3 is 19.6 Å². The highest BCUT2D eigenvalue weighted by atomic mass is 31.3. The first kappa shape index (κ1) is 23.7. The quantitative estimate of drug-likeness (QED) is 0.330. The predicted molar refractivity (Wildman–Crippen MR) is 75.9 cm³/mol. The zero-order chi connectivity index (χ0) is 16.9. The molecule has 13 heteroatoms. The lowest BCUT2D eigenvalue weighted by Crippen LogP contribution is -2.01. The van der Waals surface area contributed by atoms with E-state index in [4.69, 9.17) is 33.2 Å². The molecule has 0 aliphatic heterocycles. The predicted octanol–water partition coefficient (Wildman–Crippen LogP) is 2.20. The minimum atomic E-state index is -4.90. The smallest absolute Gasteiger partial charge is 0.326 e. The molecule has 0 radical (unpaired) electrons. The SMILES string of the molecule is CCCCOP(=O)(OCCCC)OP(=O)(O)O.O=[PH](O)O. The van der Waals surface area contributed by atoms with Crippen LogP contribution in [0.5, 0.6) is 0 Å². The van der Waals surface area contributed by atoms with Crippen molar-refractivity contribution in [2.24, 2.45) is 0 Å². The first-order valence-corrected chi connectivity index (χ1v) is 10.4. The van der Waals surface area contributed by atoms with Crippen LogP contribution < -0.4 is 0 Å². The van der Waals surface area contributed by atoms with Crippen molar-refractivity contribution < 1.29 is 46.6 Å². The average Bonchev–Trinajstić information content (AvgIpc) is 2.26. The maximum absolute atomic E-state index is 11.8. The lowest BCUT2D eigenvalue weighted by molar-refractivity contribution is 0.137. The molecule has 10 nitrogen and oxygen atoms in total. The third kappa shape index (κ3) is 20.4. The van der Waals surface area contributed by atoms with Crippen LogP contribution >= 0.6 is 23.9 Å². The Morgan fingerprint density at radius 2 is 1.29 bits per heavy atom. The zero-order valence-corrected chi connectivity index (χ0v) is 14.7. The van der Waals surface area contributed by atoms with Crippen molar-refractivity contribution in [1.29, 1.82) is 0 Å². The van der Waals surface area contributed by atoms with Gasteiger partial charge in [-0.15, -0.1) is 0 Å². The molecule has 0 aromatic rings. The van der Waals surface area contributed by atoms with E-state index in [1.54, 1.807) is 0 Å². The summed E-state index contributed by atoms with van der Waals surface area (Å²) in [6.45, 7) is 3.94. The van der Waals surface area contributed by atoms with E-state index in [-0.39, 0.29) is 13.2 Å². The van der Waals surface area contributed by atoms with Gasteiger partial charge in [-0.2, -0.15) is 4.31 Å². The van der Waals surface area contributed by atoms with Gasteiger partial charge in [0.2, 0.25) is 0 Å². The Morgan fingerprint density at radius 3 is 1.52 bits per heavy atom. The number of phosphoric acid groups is 2. The van der Waals surface area contributed by atoms with Crippen LogP contribution in [0.25, 0.3) is 0 Å². The van der Waals surface area contributed by atoms with Crippen molar-refractivity contribution in [1.82, 2.24) is 0 Å². The summed E-state index contributed by atoms with van der Waals surface area (Å²) in [6, 6.07) is 0. The summed E-state index contributed by atoms with van der Waals surface area (Å²) in [7, 11) is -12.2. The molecule has 0 bridgehead atoms. The Kier molecular flexibility index (Phi) is 14.5. The maximum Gasteiger partial charge on any atom is 0.483 e. The van der Waals surface area contributed by atoms with Crippen LogP contribution in [-0.2, 0) is 27.1 Å². The second-order valence-electron chi connectivity index (χ2n) is 3.68. The highest BCUT2D eigenvalue weighted by molar-refractivity contribution is 7.61. The Labute approximate surface area is 124 Å². The summed E-state index contributed by atoms with van der Waals surface area (Å²) >= 11 is 0. The Hall–Kier alpha value is 0.410. The average molecular weight is 372 g/mol. The monoisotopic (exact) mass is 372 g/mol. The van der Waals surface area contributed by atoms with Gasteiger partial charge in [0.1, 0.15) is 0 Å². The van der Waals surface area contributed by atoms with Gasteiger partial charge in [0, 0.05) is 0 Å². The number of phosphoric ester groups is 1. The van der Waals surface area contributed by atoms with Crippen molar-refractivity contribution in [2.45, 2.75) is 39.5 Å². The summed E-state index contributed by atoms with van der Waals surface area (Å²) in [6.07, 6.45) is 2.80. The first-order valence-electron chi connectivity index (χ1n) is 6.14. The number of hydrogen-bond acceptors (Lipinski definition) is 6. The fraction of sp³-hybridized carbons (Fsp3) is 1.00. The molecule has 0 aliphatic carbocycles. The molecule has 0 fully saturated rings. The Balaban J connectivity index is 0. The molecular weight excluding hydrogens is 349 g/mol. The third-order valence-electron chi connectivity index (χ3n) is 1.70. The van der Waals surface area contributed by atoms with E-state index in [0.29, 0.717) is 12.8 Å². The number of unbranched alkanes of at least 4 members (excludes halogenated alkanes) is 2. The summed E-state index contributed by atoms with van der Waals surface area (Å²) < 4.78 is 44.9. The fourth-order valence-corrected chi connectivity index (χ4v) is 3.06. The molecule has 0 unspecified atom stereocenters. The van der Waals surface area contributed by atoms with E-state index < -0.39 is 23.9 Å². The normalized spacial score (nSPS) is 12.1. The van der Waals surface area contributed by atoms with Crippen molar-refractivity contribution in [2.75, 3.05) is 13.2 Å². The molecule has 0 spiro atoms. The molecular formula is C8H23O10P3. The largest absolute Gasteiger partial charge is 0.483 e. The van der Waals surface area contributed by atoms with Gasteiger partial charge in [0.05, 0.1) is 13.2 Å². The highest BCUT2D eigenvalue weighted by Gasteiger charge is 2.35. The minimum absolute atomic E-state index is 0.0693. The van der Waals surface area contributed by atoms with E-state index in [2.05, 4.69) is 4.31 Å². The van der Waals surface area contributed by atoms with Gasteiger partial charge in [-0.3, -0.25) is 13.6 Å². The number of rotatable bonds is 10. The molecule has 0 rings (SSSR count). The molecule has 0 amide bonds. The van der Waals surface area contributed by atoms with E-state index in [0.717, 1.165) is 12.8 Å².